The normalized spacial score (nSPS) is 15.6. The van der Waals surface area contributed by atoms with Gasteiger partial charge in [0.15, 0.2) is 0 Å². The summed E-state index contributed by atoms with van der Waals surface area (Å²) in [4.78, 5) is 0. The number of hydrogen-bond donors (Lipinski definition) is 0. The van der Waals surface area contributed by atoms with Crippen molar-refractivity contribution >= 4 is 55.7 Å². The molecule has 0 bridgehead atoms. The molecule has 590 valence electrons. The van der Waals surface area contributed by atoms with Gasteiger partial charge < -0.3 is 0 Å². The maximum absolute atomic E-state index is 7.99. The summed E-state index contributed by atoms with van der Waals surface area (Å²) in [6, 6.07) is 110. The van der Waals surface area contributed by atoms with Crippen LogP contribution in [0.2, 0.25) is 52.4 Å². The van der Waals surface area contributed by atoms with Gasteiger partial charge in [-0.05, 0) is 225 Å². The Morgan fingerprint density at radius 1 is 0.228 bits per heavy atom. The van der Waals surface area contributed by atoms with Gasteiger partial charge in [0.1, 0.15) is 8.07 Å². The van der Waals surface area contributed by atoms with Gasteiger partial charge in [-0.3, -0.25) is 0 Å². The van der Waals surface area contributed by atoms with E-state index in [-0.39, 0.29) is 0 Å². The highest BCUT2D eigenvalue weighted by molar-refractivity contribution is 7.10. The summed E-state index contributed by atoms with van der Waals surface area (Å²) in [5, 5.41) is 8.58. The first-order valence-electron chi connectivity index (χ1n) is 46.0. The van der Waals surface area contributed by atoms with E-state index in [1.807, 2.05) is 152 Å². The maximum atomic E-state index is 7.99. The zero-order valence-corrected chi connectivity index (χ0v) is 75.6. The molecule has 0 nitrogen and oxygen atoms in total. The third kappa shape index (κ3) is 26.3. The first kappa shape index (κ1) is 74.1. The molecule has 0 aromatic heterocycles. The Morgan fingerprint density at radius 3 is 0.947 bits per heavy atom. The maximum Gasteiger partial charge on any atom is 0.145 e. The summed E-state index contributed by atoms with van der Waals surface area (Å²) in [6.45, 7) is 41.1. The second-order valence-electron chi connectivity index (χ2n) is 33.9. The molecular weight excluding hydrogens is 1420 g/mol. The Hall–Kier alpha value is -10.0. The van der Waals surface area contributed by atoms with Crippen molar-refractivity contribution in [3.8, 4) is 22.3 Å². The fraction of sp³-hybridized carbons (Fsp3) is 0.261. The van der Waals surface area contributed by atoms with Crippen molar-refractivity contribution in [3.63, 3.8) is 0 Å². The molecule has 16 rings (SSSR count). The van der Waals surface area contributed by atoms with E-state index >= 15 is 0 Å². The lowest BCUT2D eigenvalue weighted by Crippen LogP contribution is -2.64. The van der Waals surface area contributed by atoms with Gasteiger partial charge in [0.25, 0.3) is 0 Å². The molecule has 0 aliphatic heterocycles. The number of hydrogen-bond acceptors (Lipinski definition) is 0. The van der Waals surface area contributed by atoms with Crippen LogP contribution in [0.1, 0.15) is 150 Å². The molecule has 2 aliphatic carbocycles. The predicted molar refractivity (Wildman–Crippen MR) is 517 cm³/mol. The lowest BCUT2D eigenvalue weighted by molar-refractivity contribution is 0.660. The molecule has 0 amide bonds. The van der Waals surface area contributed by atoms with Gasteiger partial charge in [-0.1, -0.05) is 440 Å². The summed E-state index contributed by atoms with van der Waals surface area (Å²) >= 11 is 0. The fourth-order valence-electron chi connectivity index (χ4n) is 13.6. The van der Waals surface area contributed by atoms with Crippen molar-refractivity contribution in [2.24, 2.45) is 0 Å². The predicted octanol–water partition coefficient (Wildman–Crippen LogP) is 29.2. The average Bonchev–Trinajstić information content (AvgIpc) is 1.56. The highest BCUT2D eigenvalue weighted by Crippen LogP contribution is 2.50. The molecule has 2 unspecified atom stereocenters. The first-order valence-corrected chi connectivity index (χ1v) is 50.0. The van der Waals surface area contributed by atoms with Gasteiger partial charge in [0, 0.05) is 35.4 Å². The number of aryl methyl sites for hydroxylation is 15. The van der Waals surface area contributed by atoms with Gasteiger partial charge in [-0.25, -0.2) is 0 Å². The first-order chi connectivity index (χ1) is 58.7. The summed E-state index contributed by atoms with van der Waals surface area (Å²) in [5.74, 6) is 0. The number of rotatable bonds is 4. The van der Waals surface area contributed by atoms with Crippen LogP contribution in [0.5, 0.6) is 0 Å². The Morgan fingerprint density at radius 2 is 0.544 bits per heavy atom. The van der Waals surface area contributed by atoms with Gasteiger partial charge in [-0.2, -0.15) is 0 Å². The Kier molecular flexibility index (Phi) is 27.2. The third-order valence-corrected chi connectivity index (χ3v) is 27.3. The topological polar surface area (TPSA) is 0 Å². The summed E-state index contributed by atoms with van der Waals surface area (Å²) < 4.78 is 91.1. The van der Waals surface area contributed by atoms with Crippen LogP contribution >= 0.6 is 0 Å². The molecule has 2 aliphatic rings. The Labute approximate surface area is 711 Å². The van der Waals surface area contributed by atoms with E-state index in [1.165, 1.54) is 70.8 Å². The van der Waals surface area contributed by atoms with Crippen LogP contribution in [0.4, 0.5) is 0 Å². The molecule has 0 saturated heterocycles. The molecule has 0 N–H and O–H groups in total. The molecule has 2 atom stereocenters. The number of benzene rings is 14. The minimum Gasteiger partial charge on any atom is -0.0697 e. The average molecular weight is 1560 g/mol. The second-order valence-corrected chi connectivity index (χ2v) is 48.9. The van der Waals surface area contributed by atoms with E-state index in [4.69, 9.17) is 16.4 Å². The molecule has 3 heteroatoms. The van der Waals surface area contributed by atoms with Crippen molar-refractivity contribution in [3.05, 3.63) is 427 Å². The summed E-state index contributed by atoms with van der Waals surface area (Å²) in [5.41, 5.74) is 22.8. The summed E-state index contributed by atoms with van der Waals surface area (Å²) in [7, 11) is -3.55. The van der Waals surface area contributed by atoms with E-state index < -0.39 is 62.5 Å². The number of fused-ring (bicyclic) bond motifs is 7. The minimum atomic E-state index is -2.05. The Balaban J connectivity index is 0.000000196. The fourth-order valence-corrected chi connectivity index (χ4v) is 18.3. The quantitative estimate of drug-likeness (QED) is 0.122. The van der Waals surface area contributed by atoms with Crippen LogP contribution in [-0.4, -0.2) is 24.2 Å². The zero-order chi connectivity index (χ0) is 93.7. The van der Waals surface area contributed by atoms with Crippen molar-refractivity contribution < 1.29 is 16.4 Å². The molecular formula is C111H134Si3. The largest absolute Gasteiger partial charge is 0.145 e. The van der Waals surface area contributed by atoms with Crippen LogP contribution in [-0.2, 0) is 10.8 Å². The van der Waals surface area contributed by atoms with E-state index in [0.29, 0.717) is 11.1 Å². The monoisotopic (exact) mass is 1560 g/mol. The smallest absolute Gasteiger partial charge is 0.0697 e. The van der Waals surface area contributed by atoms with Gasteiger partial charge in [0.2, 0.25) is 0 Å². The van der Waals surface area contributed by atoms with E-state index in [1.54, 1.807) is 23.4 Å². The van der Waals surface area contributed by atoms with Crippen molar-refractivity contribution in [2.45, 2.75) is 194 Å². The van der Waals surface area contributed by atoms with Crippen LogP contribution < -0.4 is 20.7 Å². The van der Waals surface area contributed by atoms with Crippen LogP contribution in [0.25, 0.3) is 33.0 Å². The lowest BCUT2D eigenvalue weighted by Gasteiger charge is -2.29. The second kappa shape index (κ2) is 41.9. The Bertz CT molecular complexity index is 5670. The van der Waals surface area contributed by atoms with E-state index in [2.05, 4.69) is 308 Å². The van der Waals surface area contributed by atoms with E-state index in [0.717, 1.165) is 72.3 Å². The van der Waals surface area contributed by atoms with Crippen LogP contribution in [0.3, 0.4) is 0 Å². The molecule has 0 radical (unpaired) electrons. The van der Waals surface area contributed by atoms with Crippen molar-refractivity contribution in [1.29, 1.82) is 0 Å². The zero-order valence-electron chi connectivity index (χ0n) is 84.6. The SMILES string of the molecule is C[Si](C)(C)C.C[Si](c1ccccc1)(c1ccccc1)c1ccccc1.Cc1ccc(C)c(C)c1.Cc1ccc([Si](C)(C)C)cc1.Cc1ccc2cc(C)ccc2c1.Cc1ccccc1C.[2H]C([2H])([2H])C1(C)c2ccccc2-c2c(C)cccc21.[2H]C([2H])([2H])C1(C)c2ccccc2-c2cc(C)ccc21.[2H]C([2H])([2H])c1cc(C)ccc1C.[2H]C([2H])([2H])c1ccccc1C. The van der Waals surface area contributed by atoms with Crippen LogP contribution in [0.15, 0.2) is 322 Å². The highest BCUT2D eigenvalue weighted by Gasteiger charge is 2.37. The molecule has 0 heterocycles. The standard InChI is InChI=1S/C19H18Si.2C16H16.C12H12.C10H16Si.2C9H12.2C8H10.C4H12Si/c1-20(17-11-5-2-6-12-17,18-13-7-3-8-14-18)19-15-9-4-10-16-19;1-11-7-6-10-14-15(11)12-8-4-5-9-13(12)16(14,2)3;1-11-8-9-15-13(10-11)12-6-4-5-7-14(12)16(15,2)3;1-9-3-5-12-8-10(2)4-6-11(12)7-9;1-9-5-7-10(8-6-9)11(2,3)4;2*1-7-4-5-8(2)9(3)6-7;2*1-7-5-3-4-6-8(7)2;1-5(2,3)4/h2-16H,1H3;2*4-10H,1-3H3;3-8H,1-2H3;5-8H,1-4H3;2*4-6H,1-3H3;2*3-6H,1-2H3;1-4H3/i;2*2D3;;;3D3;;1D3;;. The van der Waals surface area contributed by atoms with Gasteiger partial charge in [-0.15, -0.1) is 0 Å². The van der Waals surface area contributed by atoms with Crippen LogP contribution in [0, 0.1) is 104 Å². The lowest BCUT2D eigenvalue weighted by atomic mass is 9.82. The van der Waals surface area contributed by atoms with Gasteiger partial charge in [0.05, 0.1) is 8.07 Å². The van der Waals surface area contributed by atoms with E-state index in [9.17, 15) is 0 Å². The third-order valence-electron chi connectivity index (χ3n) is 20.8. The van der Waals surface area contributed by atoms with Crippen molar-refractivity contribution in [2.75, 3.05) is 0 Å². The summed E-state index contributed by atoms with van der Waals surface area (Å²) in [6.07, 6.45) is 0. The molecule has 0 spiro atoms. The molecule has 14 aromatic rings. The van der Waals surface area contributed by atoms with Crippen molar-refractivity contribution in [1.82, 2.24) is 0 Å². The minimum absolute atomic E-state index is 0.444. The molecule has 0 saturated carbocycles. The van der Waals surface area contributed by atoms with Gasteiger partial charge >= 0.3 is 0 Å². The molecule has 114 heavy (non-hydrogen) atoms. The molecule has 14 aromatic carbocycles. The molecule has 0 fully saturated rings. The highest BCUT2D eigenvalue weighted by atomic mass is 28.3.